The van der Waals surface area contributed by atoms with E-state index >= 15 is 0 Å². The quantitative estimate of drug-likeness (QED) is 0.148. The largest absolute Gasteiger partial charge is 0.334 e. The van der Waals surface area contributed by atoms with Crippen molar-refractivity contribution in [3.05, 3.63) is 299 Å². The molecule has 2 saturated carbocycles. The lowest BCUT2D eigenvalue weighted by atomic mass is 9.33. The Bertz CT molecular complexity index is 8710. The van der Waals surface area contributed by atoms with E-state index in [0.717, 1.165) is 25.7 Å². The fourth-order valence-electron chi connectivity index (χ4n) is 27.7. The Morgan fingerprint density at radius 3 is 1.27 bits per heavy atom. The first-order chi connectivity index (χ1) is 64.4. The molecule has 6 aliphatic heterocycles. The molecule has 0 saturated heterocycles. The highest BCUT2D eigenvalue weighted by atomic mass is 32.1. The maximum absolute atomic E-state index is 2.87. The molecule has 6 nitrogen and oxygen atoms in total. The van der Waals surface area contributed by atoms with Crippen molar-refractivity contribution in [2.45, 2.75) is 219 Å². The van der Waals surface area contributed by atoms with E-state index in [4.69, 9.17) is 0 Å². The minimum absolute atomic E-state index is 0.0161. The fraction of sp³-hybridized carbons (Fsp3) is 0.279. The summed E-state index contributed by atoms with van der Waals surface area (Å²) in [7, 11) is 0. The van der Waals surface area contributed by atoms with Crippen LogP contribution in [0.25, 0.3) is 114 Å². The molecule has 134 heavy (non-hydrogen) atoms. The van der Waals surface area contributed by atoms with Crippen molar-refractivity contribution in [2.24, 2.45) is 0 Å². The highest BCUT2D eigenvalue weighted by Crippen LogP contribution is 2.65. The summed E-state index contributed by atoms with van der Waals surface area (Å²) in [6.45, 7) is 41.9. The smallest absolute Gasteiger partial charge is 0.252 e. The van der Waals surface area contributed by atoms with E-state index in [1.54, 1.807) is 0 Å². The van der Waals surface area contributed by atoms with Crippen LogP contribution in [-0.2, 0) is 38.9 Å². The number of nitrogens with zero attached hydrogens (tertiary/aromatic N) is 6. The van der Waals surface area contributed by atoms with Gasteiger partial charge in [-0.25, -0.2) is 0 Å². The Kier molecular flexibility index (Phi) is 16.3. The number of aryl methyl sites for hydroxylation is 2. The lowest BCUT2D eigenvalue weighted by Crippen LogP contribution is -2.60. The highest BCUT2D eigenvalue weighted by Gasteiger charge is 2.61. The molecular formula is C122H110B2N6S4. The molecule has 14 aromatic carbocycles. The molecule has 658 valence electrons. The predicted octanol–water partition coefficient (Wildman–Crippen LogP) is 30.8. The van der Waals surface area contributed by atoms with Crippen LogP contribution < -0.4 is 52.4 Å². The maximum Gasteiger partial charge on any atom is 0.252 e. The number of hydrogen-bond acceptors (Lipinski definition) is 8. The molecule has 2 fully saturated rings. The zero-order chi connectivity index (χ0) is 90.9. The van der Waals surface area contributed by atoms with Gasteiger partial charge in [-0.2, -0.15) is 0 Å². The van der Waals surface area contributed by atoms with E-state index in [2.05, 4.69) is 395 Å². The third-order valence-corrected chi connectivity index (χ3v) is 39.7. The van der Waals surface area contributed by atoms with Gasteiger partial charge in [-0.15, -0.1) is 45.3 Å². The summed E-state index contributed by atoms with van der Waals surface area (Å²) in [5.74, 6) is 0. The lowest BCUT2D eigenvalue weighted by molar-refractivity contribution is 0.194. The maximum atomic E-state index is 2.87. The van der Waals surface area contributed by atoms with Crippen molar-refractivity contribution in [2.75, 3.05) is 19.6 Å². The van der Waals surface area contributed by atoms with Crippen molar-refractivity contribution in [3.63, 3.8) is 0 Å². The normalized spacial score (nSPS) is 19.9. The molecule has 0 amide bonds. The topological polar surface area (TPSA) is 22.8 Å². The minimum atomic E-state index is -0.253. The minimum Gasteiger partial charge on any atom is -0.334 e. The van der Waals surface area contributed by atoms with Crippen LogP contribution in [0.4, 0.5) is 56.9 Å². The van der Waals surface area contributed by atoms with Gasteiger partial charge >= 0.3 is 0 Å². The van der Waals surface area contributed by atoms with E-state index in [1.165, 1.54) is 286 Å². The SMILES string of the molecule is Cc1cc2c3c(c1)-n1c4c(cc(C(C)(C)C)cc4c4sc5ccccc5c41)B3c1ccc(N3c4ccc(C(C)(C)Cc5cccc6c5sc5cccc(N7c8cc(N9c%10ccc(C(C)(C)C)cc%10C%10(C)CCCCC9%10C)ccc8B8c9c7cc(C)cc9-n7c9c8cc(C(C)(C)C)cc9c8sc9ccccc9c87)c56)cc4C4(C)CCCCC34C)cc1N2c1cccc2c1sc1ccccc12. The van der Waals surface area contributed by atoms with Crippen LogP contribution >= 0.6 is 45.3 Å². The first-order valence-corrected chi connectivity index (χ1v) is 52.6. The van der Waals surface area contributed by atoms with Crippen LogP contribution in [0.3, 0.4) is 0 Å². The number of fused-ring (bicyclic) bond motifs is 30. The molecule has 0 bridgehead atoms. The first kappa shape index (κ1) is 80.8. The number of anilines is 10. The molecule has 0 N–H and O–H groups in total. The second-order valence-corrected chi connectivity index (χ2v) is 50.2. The van der Waals surface area contributed by atoms with Crippen LogP contribution in [-0.4, -0.2) is 33.6 Å². The Morgan fingerprint density at radius 2 is 0.731 bits per heavy atom. The summed E-state index contributed by atoms with van der Waals surface area (Å²) in [6.07, 6.45) is 10.3. The molecule has 20 aromatic rings. The van der Waals surface area contributed by atoms with Gasteiger partial charge < -0.3 is 28.7 Å². The van der Waals surface area contributed by atoms with Gasteiger partial charge in [-0.3, -0.25) is 0 Å². The van der Waals surface area contributed by atoms with Gasteiger partial charge in [0, 0.05) is 134 Å². The third kappa shape index (κ3) is 10.5. The van der Waals surface area contributed by atoms with Crippen molar-refractivity contribution in [1.29, 1.82) is 0 Å². The number of rotatable bonds is 7. The van der Waals surface area contributed by atoms with Gasteiger partial charge in [0.25, 0.3) is 13.4 Å². The highest BCUT2D eigenvalue weighted by molar-refractivity contribution is 7.28. The van der Waals surface area contributed by atoms with Gasteiger partial charge in [0.15, 0.2) is 0 Å². The number of aromatic nitrogens is 2. The Balaban J connectivity index is 0.602. The average Bonchev–Trinajstić information content (AvgIpc) is 0.901. The summed E-state index contributed by atoms with van der Waals surface area (Å²) >= 11 is 7.89. The molecule has 12 heteroatoms. The summed E-state index contributed by atoms with van der Waals surface area (Å²) in [5.41, 5.74) is 40.8. The van der Waals surface area contributed by atoms with E-state index in [9.17, 15) is 0 Å². The summed E-state index contributed by atoms with van der Waals surface area (Å²) < 4.78 is 16.2. The third-order valence-electron chi connectivity index (χ3n) is 34.8. The molecule has 28 rings (SSSR count). The molecule has 12 heterocycles. The number of thiophene rings is 4. The zero-order valence-electron chi connectivity index (χ0n) is 80.0. The standard InChI is InChI=1S/C122H110B2N6S4/c1-68-55-96-105-98(57-68)127-107-82(113-109(127)79-33-19-22-40-101(79)132-113)59-73(116(6,7)8)63-88(107)123(105)86-47-45-75(129-90-49-43-71(115(3,4)5)61-84(90)119(14)51-24-26-53-121(119,129)16)65-94(86)125(96)92-37-30-42-103-104(92)81-36-28-31-70(111(81)134-103)67-118(12,13)72-44-50-91-85(62-72)120(15)52-25-27-54-122(120,17)130(91)76-46-48-87-95(66-76)126(93-38-29-35-78-77-32-18-21-39-100(77)131-112(78)93)97-56-69(2)58-99-106(97)124(87)89-64-74(117(9,10)11)60-83-108(89)128(99)110-80-34-20-23-41-102(80)133-114(83)110/h18-23,28-50,55-66H,24-27,51-54,67H2,1-17H3. The van der Waals surface area contributed by atoms with Gasteiger partial charge in [0.05, 0.1) is 58.6 Å². The Labute approximate surface area is 802 Å². The van der Waals surface area contributed by atoms with Crippen LogP contribution in [0, 0.1) is 13.8 Å². The van der Waals surface area contributed by atoms with Crippen LogP contribution in [0.5, 0.6) is 0 Å². The van der Waals surface area contributed by atoms with E-state index in [1.807, 2.05) is 45.3 Å². The molecule has 4 atom stereocenters. The molecule has 8 aliphatic rings. The lowest BCUT2D eigenvalue weighted by Gasteiger charge is -2.50. The van der Waals surface area contributed by atoms with Crippen molar-refractivity contribution in [1.82, 2.24) is 9.13 Å². The molecule has 4 unspecified atom stereocenters. The monoisotopic (exact) mass is 1810 g/mol. The number of benzene rings is 14. The van der Waals surface area contributed by atoms with Gasteiger partial charge in [-0.05, 0) is 274 Å². The average molecular weight is 1810 g/mol. The Morgan fingerprint density at radius 1 is 0.306 bits per heavy atom. The van der Waals surface area contributed by atoms with E-state index < -0.39 is 0 Å². The second kappa shape index (κ2) is 27.0. The zero-order valence-corrected chi connectivity index (χ0v) is 83.3. The van der Waals surface area contributed by atoms with Crippen molar-refractivity contribution >= 4 is 251 Å². The predicted molar refractivity (Wildman–Crippen MR) is 585 cm³/mol. The first-order valence-electron chi connectivity index (χ1n) is 49.3. The van der Waals surface area contributed by atoms with Crippen LogP contribution in [0.2, 0.25) is 0 Å². The summed E-state index contributed by atoms with van der Waals surface area (Å²) in [6, 6.07) is 101. The van der Waals surface area contributed by atoms with E-state index in [0.29, 0.717) is 0 Å². The van der Waals surface area contributed by atoms with Gasteiger partial charge in [0.2, 0.25) is 0 Å². The summed E-state index contributed by atoms with van der Waals surface area (Å²) in [4.78, 5) is 11.2. The molecule has 0 radical (unpaired) electrons. The number of hydrogen-bond donors (Lipinski definition) is 0. The van der Waals surface area contributed by atoms with Crippen molar-refractivity contribution in [3.8, 4) is 11.4 Å². The second-order valence-electron chi connectivity index (χ2n) is 46.0. The molecule has 6 aromatic heterocycles. The molecular weight excluding hydrogens is 1700 g/mol. The van der Waals surface area contributed by atoms with Crippen molar-refractivity contribution < 1.29 is 0 Å². The van der Waals surface area contributed by atoms with Crippen LogP contribution in [0.1, 0.15) is 205 Å². The summed E-state index contributed by atoms with van der Waals surface area (Å²) in [5, 5.41) is 10.7. The fourth-order valence-corrected chi connectivity index (χ4v) is 32.6. The Hall–Kier alpha value is -11.6. The van der Waals surface area contributed by atoms with Crippen LogP contribution in [0.15, 0.2) is 249 Å². The molecule has 2 aliphatic carbocycles. The van der Waals surface area contributed by atoms with E-state index in [-0.39, 0.29) is 57.0 Å². The van der Waals surface area contributed by atoms with Gasteiger partial charge in [0.1, 0.15) is 0 Å². The molecule has 0 spiro atoms. The van der Waals surface area contributed by atoms with Gasteiger partial charge in [-0.1, -0.05) is 255 Å².